The van der Waals surface area contributed by atoms with Crippen molar-refractivity contribution in [3.05, 3.63) is 96.9 Å². The third kappa shape index (κ3) is 4.57. The molecule has 1 aliphatic rings. The number of piperazine rings is 1. The number of nitrogens with zero attached hydrogens (tertiary/aromatic N) is 4. The van der Waals surface area contributed by atoms with Crippen LogP contribution in [-0.2, 0) is 0 Å². The molecule has 1 fully saturated rings. The number of hydrogen-bond acceptors (Lipinski definition) is 3. The van der Waals surface area contributed by atoms with E-state index in [2.05, 4.69) is 27.4 Å². The van der Waals surface area contributed by atoms with Crippen LogP contribution in [0.25, 0.3) is 16.9 Å². The zero-order valence-corrected chi connectivity index (χ0v) is 18.1. The van der Waals surface area contributed by atoms with Crippen LogP contribution < -0.4 is 10.2 Å². The first-order valence-electron chi connectivity index (χ1n) is 10.9. The molecular formula is C26H24FN5O. The summed E-state index contributed by atoms with van der Waals surface area (Å²) in [5.41, 5.74) is 3.95. The maximum absolute atomic E-state index is 13.5. The van der Waals surface area contributed by atoms with Crippen molar-refractivity contribution in [2.24, 2.45) is 0 Å². The summed E-state index contributed by atoms with van der Waals surface area (Å²) < 4.78 is 15.2. The number of aromatic nitrogens is 2. The molecule has 166 valence electrons. The molecule has 2 amide bonds. The van der Waals surface area contributed by atoms with E-state index in [1.54, 1.807) is 23.0 Å². The van der Waals surface area contributed by atoms with E-state index in [0.29, 0.717) is 24.5 Å². The second kappa shape index (κ2) is 9.16. The minimum atomic E-state index is -0.317. The molecule has 0 aliphatic carbocycles. The van der Waals surface area contributed by atoms with E-state index in [0.717, 1.165) is 24.3 Å². The van der Waals surface area contributed by atoms with Gasteiger partial charge in [-0.25, -0.2) is 13.9 Å². The number of urea groups is 1. The van der Waals surface area contributed by atoms with Crippen LogP contribution in [0.3, 0.4) is 0 Å². The lowest BCUT2D eigenvalue weighted by molar-refractivity contribution is 0.208. The Kier molecular flexibility index (Phi) is 5.76. The lowest BCUT2D eigenvalue weighted by Gasteiger charge is -2.36. The van der Waals surface area contributed by atoms with Gasteiger partial charge in [-0.15, -0.1) is 0 Å². The first kappa shape index (κ1) is 20.8. The fourth-order valence-corrected chi connectivity index (χ4v) is 4.00. The number of anilines is 2. The highest BCUT2D eigenvalue weighted by Gasteiger charge is 2.23. The number of carbonyl (C=O) groups is 1. The summed E-state index contributed by atoms with van der Waals surface area (Å²) in [6.45, 7) is 2.79. The van der Waals surface area contributed by atoms with Crippen molar-refractivity contribution >= 4 is 17.4 Å². The Morgan fingerprint density at radius 1 is 0.788 bits per heavy atom. The largest absolute Gasteiger partial charge is 0.368 e. The molecule has 0 bridgehead atoms. The van der Waals surface area contributed by atoms with Crippen LogP contribution in [0.4, 0.5) is 20.6 Å². The average molecular weight is 442 g/mol. The van der Waals surface area contributed by atoms with Crippen LogP contribution in [0.1, 0.15) is 0 Å². The lowest BCUT2D eigenvalue weighted by Crippen LogP contribution is -2.50. The molecule has 33 heavy (non-hydrogen) atoms. The molecule has 0 saturated carbocycles. The van der Waals surface area contributed by atoms with Gasteiger partial charge >= 0.3 is 6.03 Å². The molecule has 1 aromatic heterocycles. The highest BCUT2D eigenvalue weighted by molar-refractivity contribution is 5.93. The van der Waals surface area contributed by atoms with Crippen molar-refractivity contribution in [2.45, 2.75) is 0 Å². The van der Waals surface area contributed by atoms with Crippen molar-refractivity contribution in [3.8, 4) is 16.9 Å². The highest BCUT2D eigenvalue weighted by Crippen LogP contribution is 2.28. The van der Waals surface area contributed by atoms with Gasteiger partial charge in [0, 0.05) is 37.4 Å². The molecule has 0 atom stereocenters. The first-order chi connectivity index (χ1) is 16.2. The molecule has 1 N–H and O–H groups in total. The number of rotatable bonds is 4. The second-order valence-electron chi connectivity index (χ2n) is 7.92. The van der Waals surface area contributed by atoms with Gasteiger partial charge in [-0.05, 0) is 48.5 Å². The summed E-state index contributed by atoms with van der Waals surface area (Å²) in [7, 11) is 0. The number of nitrogens with one attached hydrogen (secondary N) is 1. The Hall–Kier alpha value is -4.13. The summed E-state index contributed by atoms with van der Waals surface area (Å²) in [5.74, 6) is -0.317. The molecule has 3 aromatic carbocycles. The summed E-state index contributed by atoms with van der Waals surface area (Å²) in [5, 5.41) is 7.71. The van der Waals surface area contributed by atoms with Crippen LogP contribution >= 0.6 is 0 Å². The molecule has 1 aliphatic heterocycles. The molecule has 6 nitrogen and oxygen atoms in total. The molecule has 0 radical (unpaired) electrons. The molecule has 2 heterocycles. The minimum Gasteiger partial charge on any atom is -0.368 e. The molecule has 0 spiro atoms. The number of para-hydroxylation sites is 2. The Morgan fingerprint density at radius 2 is 1.39 bits per heavy atom. The third-order valence-electron chi connectivity index (χ3n) is 5.78. The molecule has 1 saturated heterocycles. The Balaban J connectivity index is 1.35. The second-order valence-corrected chi connectivity index (χ2v) is 7.92. The smallest absolute Gasteiger partial charge is 0.322 e. The predicted molar refractivity (Wildman–Crippen MR) is 128 cm³/mol. The molecular weight excluding hydrogens is 417 g/mol. The maximum atomic E-state index is 13.5. The molecule has 4 aromatic rings. The number of halogens is 1. The van der Waals surface area contributed by atoms with Gasteiger partial charge in [-0.3, -0.25) is 0 Å². The van der Waals surface area contributed by atoms with Gasteiger partial charge in [0.2, 0.25) is 0 Å². The number of carbonyl (C=O) groups excluding carboxylic acids is 1. The molecule has 7 heteroatoms. The van der Waals surface area contributed by atoms with Crippen molar-refractivity contribution < 1.29 is 9.18 Å². The zero-order chi connectivity index (χ0) is 22.6. The number of amides is 2. The Labute approximate surface area is 191 Å². The van der Waals surface area contributed by atoms with Crippen LogP contribution in [-0.4, -0.2) is 46.9 Å². The summed E-state index contributed by atoms with van der Waals surface area (Å²) in [6.07, 6.45) is 1.80. The van der Waals surface area contributed by atoms with E-state index < -0.39 is 0 Å². The van der Waals surface area contributed by atoms with Crippen LogP contribution in [0.5, 0.6) is 0 Å². The van der Waals surface area contributed by atoms with Crippen molar-refractivity contribution in [1.82, 2.24) is 14.7 Å². The Bertz CT molecular complexity index is 1220. The van der Waals surface area contributed by atoms with Gasteiger partial charge in [0.1, 0.15) is 11.5 Å². The fourth-order valence-electron chi connectivity index (χ4n) is 4.00. The molecule has 0 unspecified atom stereocenters. The van der Waals surface area contributed by atoms with Gasteiger partial charge in [-0.2, -0.15) is 5.10 Å². The van der Waals surface area contributed by atoms with E-state index in [1.807, 2.05) is 53.4 Å². The van der Waals surface area contributed by atoms with E-state index in [1.165, 1.54) is 17.8 Å². The average Bonchev–Trinajstić information content (AvgIpc) is 3.29. The van der Waals surface area contributed by atoms with Gasteiger partial charge < -0.3 is 15.1 Å². The van der Waals surface area contributed by atoms with Crippen LogP contribution in [0.15, 0.2) is 91.1 Å². The number of hydrogen-bond donors (Lipinski definition) is 1. The van der Waals surface area contributed by atoms with E-state index in [-0.39, 0.29) is 11.8 Å². The topological polar surface area (TPSA) is 53.4 Å². The minimum absolute atomic E-state index is 0.168. The van der Waals surface area contributed by atoms with Crippen molar-refractivity contribution in [1.29, 1.82) is 0 Å². The van der Waals surface area contributed by atoms with Gasteiger partial charge in [0.15, 0.2) is 0 Å². The maximum Gasteiger partial charge on any atom is 0.322 e. The standard InChI is InChI=1S/C26H24FN5O/c27-21-13-11-20(12-14-21)25-24(19-32(29-25)23-9-5-2-6-10-23)28-26(33)31-17-15-30(16-18-31)22-7-3-1-4-8-22/h1-14,19H,15-18H2,(H,28,33). The van der Waals surface area contributed by atoms with Gasteiger partial charge in [0.05, 0.1) is 17.6 Å². The summed E-state index contributed by atoms with van der Waals surface area (Å²) >= 11 is 0. The van der Waals surface area contributed by atoms with Crippen LogP contribution in [0, 0.1) is 5.82 Å². The fraction of sp³-hybridized carbons (Fsp3) is 0.154. The predicted octanol–water partition coefficient (Wildman–Crippen LogP) is 5.03. The first-order valence-corrected chi connectivity index (χ1v) is 10.9. The monoisotopic (exact) mass is 441 g/mol. The van der Waals surface area contributed by atoms with E-state index in [4.69, 9.17) is 0 Å². The SMILES string of the molecule is O=C(Nc1cn(-c2ccccc2)nc1-c1ccc(F)cc1)N1CCN(c2ccccc2)CC1. The Morgan fingerprint density at radius 3 is 2.03 bits per heavy atom. The summed E-state index contributed by atoms with van der Waals surface area (Å²) in [6, 6.07) is 25.9. The zero-order valence-electron chi connectivity index (χ0n) is 18.1. The highest BCUT2D eigenvalue weighted by atomic mass is 19.1. The van der Waals surface area contributed by atoms with E-state index in [9.17, 15) is 9.18 Å². The van der Waals surface area contributed by atoms with Gasteiger partial charge in [0.25, 0.3) is 0 Å². The van der Waals surface area contributed by atoms with Crippen molar-refractivity contribution in [3.63, 3.8) is 0 Å². The van der Waals surface area contributed by atoms with Crippen LogP contribution in [0.2, 0.25) is 0 Å². The molecule has 5 rings (SSSR count). The normalized spacial score (nSPS) is 13.7. The lowest BCUT2D eigenvalue weighted by atomic mass is 10.1. The number of benzene rings is 3. The third-order valence-corrected chi connectivity index (χ3v) is 5.78. The summed E-state index contributed by atoms with van der Waals surface area (Å²) in [4.78, 5) is 17.2. The van der Waals surface area contributed by atoms with Gasteiger partial charge in [-0.1, -0.05) is 36.4 Å². The van der Waals surface area contributed by atoms with Crippen molar-refractivity contribution in [2.75, 3.05) is 36.4 Å². The quantitative estimate of drug-likeness (QED) is 0.483. The van der Waals surface area contributed by atoms with E-state index >= 15 is 0 Å².